The van der Waals surface area contributed by atoms with Crippen LogP contribution in [0.4, 0.5) is 34.1 Å². The normalized spacial score (nSPS) is 26.1. The van der Waals surface area contributed by atoms with Crippen molar-refractivity contribution in [3.8, 4) is 0 Å². The Morgan fingerprint density at radius 2 is 0.918 bits per heavy atom. The molecule has 0 N–H and O–H groups in total. The van der Waals surface area contributed by atoms with Gasteiger partial charge in [0.15, 0.2) is 0 Å². The fraction of sp³-hybridized carbons (Fsp3) is 0.483. The summed E-state index contributed by atoms with van der Waals surface area (Å²) in [4.78, 5) is 5.38. The first-order valence-electron chi connectivity index (χ1n) is 23.9. The number of rotatable bonds is 3. The van der Waals surface area contributed by atoms with E-state index in [0.717, 1.165) is 17.8 Å². The highest BCUT2D eigenvalue weighted by atomic mass is 15.2. The standard InChI is InChI=1S/C58H69BN2/c1-53(2,3)38-13-19-43(20-14-38)60-47-23-17-40(55(7,8)9)29-45(47)59-46-30-41(56(10,11)12)18-24-48(46)61(44-21-15-39(16-22-44)54(4,5)6)50-32-42(31-49(60)52(50)59)57-27-25-36-26-28-58(35-57)34-37(33-57)51(36)58/h13-24,29-32,36-37,51H,25-28,33-35H2,1-12H3. The molecule has 0 aromatic heterocycles. The van der Waals surface area contributed by atoms with Crippen molar-refractivity contribution >= 4 is 57.2 Å². The van der Waals surface area contributed by atoms with Crippen LogP contribution in [-0.2, 0) is 27.1 Å². The van der Waals surface area contributed by atoms with Crippen LogP contribution < -0.4 is 26.2 Å². The Balaban J connectivity index is 1.23. The van der Waals surface area contributed by atoms with Crippen LogP contribution >= 0.6 is 0 Å². The lowest BCUT2D eigenvalue weighted by atomic mass is 9.33. The zero-order valence-corrected chi connectivity index (χ0v) is 39.4. The molecule has 2 heterocycles. The molecule has 2 nitrogen and oxygen atoms in total. The van der Waals surface area contributed by atoms with E-state index in [4.69, 9.17) is 0 Å². The number of benzene rings is 5. The van der Waals surface area contributed by atoms with E-state index in [1.54, 1.807) is 5.56 Å². The number of hydrogen-bond donors (Lipinski definition) is 0. The number of hydrogen-bond acceptors (Lipinski definition) is 2. The van der Waals surface area contributed by atoms with Crippen LogP contribution in [0, 0.1) is 23.2 Å². The molecule has 5 unspecified atom stereocenters. The molecule has 0 amide bonds. The van der Waals surface area contributed by atoms with Gasteiger partial charge in [0.2, 0.25) is 0 Å². The minimum absolute atomic E-state index is 0.0178. The molecule has 3 heteroatoms. The van der Waals surface area contributed by atoms with Crippen LogP contribution in [0.2, 0.25) is 0 Å². The molecular formula is C58H69BN2. The van der Waals surface area contributed by atoms with E-state index in [1.807, 2.05) is 0 Å². The molecule has 314 valence electrons. The zero-order valence-electron chi connectivity index (χ0n) is 39.4. The molecule has 5 fully saturated rings. The van der Waals surface area contributed by atoms with Crippen molar-refractivity contribution in [2.75, 3.05) is 9.80 Å². The summed E-state index contributed by atoms with van der Waals surface area (Å²) in [6.07, 6.45) is 9.93. The van der Waals surface area contributed by atoms with Gasteiger partial charge >= 0.3 is 0 Å². The summed E-state index contributed by atoms with van der Waals surface area (Å²) in [5.41, 5.74) is 20.4. The third kappa shape index (κ3) is 5.87. The molecule has 5 aromatic carbocycles. The molecule has 1 spiro atoms. The van der Waals surface area contributed by atoms with Gasteiger partial charge < -0.3 is 9.80 Å². The summed E-state index contributed by atoms with van der Waals surface area (Å²) in [5, 5.41) is 0. The molecule has 5 atom stereocenters. The summed E-state index contributed by atoms with van der Waals surface area (Å²) in [7, 11) is 0. The quantitative estimate of drug-likeness (QED) is 0.164. The highest BCUT2D eigenvalue weighted by Gasteiger charge is 2.68. The molecule has 2 aliphatic heterocycles. The van der Waals surface area contributed by atoms with Gasteiger partial charge in [-0.15, -0.1) is 0 Å². The molecule has 61 heavy (non-hydrogen) atoms. The van der Waals surface area contributed by atoms with E-state index in [0.29, 0.717) is 5.41 Å². The third-order valence-corrected chi connectivity index (χ3v) is 17.1. The van der Waals surface area contributed by atoms with Crippen LogP contribution in [0.15, 0.2) is 97.1 Å². The van der Waals surface area contributed by atoms with E-state index in [1.165, 1.54) is 118 Å². The van der Waals surface area contributed by atoms with E-state index in [9.17, 15) is 0 Å². The maximum atomic E-state index is 2.75. The Morgan fingerprint density at radius 3 is 1.38 bits per heavy atom. The largest absolute Gasteiger partial charge is 0.311 e. The molecule has 12 rings (SSSR count). The van der Waals surface area contributed by atoms with Crippen LogP contribution in [0.3, 0.4) is 0 Å². The Bertz CT molecular complexity index is 2440. The first-order chi connectivity index (χ1) is 28.7. The molecule has 5 aromatic rings. The molecule has 5 bridgehead atoms. The van der Waals surface area contributed by atoms with Crippen molar-refractivity contribution in [3.63, 3.8) is 0 Å². The Morgan fingerprint density at radius 1 is 0.475 bits per heavy atom. The monoisotopic (exact) mass is 805 g/mol. The minimum Gasteiger partial charge on any atom is -0.311 e. The van der Waals surface area contributed by atoms with E-state index in [2.05, 4.69) is 190 Å². The van der Waals surface area contributed by atoms with Gasteiger partial charge in [-0.3, -0.25) is 0 Å². The van der Waals surface area contributed by atoms with E-state index in [-0.39, 0.29) is 33.8 Å². The van der Waals surface area contributed by atoms with Gasteiger partial charge in [0.05, 0.1) is 0 Å². The Hall–Kier alpha value is -4.24. The second-order valence-electron chi connectivity index (χ2n) is 25.0. The van der Waals surface area contributed by atoms with Crippen molar-refractivity contribution in [2.24, 2.45) is 23.2 Å². The minimum atomic E-state index is 0.0178. The first-order valence-corrected chi connectivity index (χ1v) is 23.9. The molecule has 5 saturated carbocycles. The lowest BCUT2D eigenvalue weighted by Gasteiger charge is -2.62. The van der Waals surface area contributed by atoms with Gasteiger partial charge in [0.1, 0.15) is 0 Å². The number of fused-ring (bicyclic) bond motifs is 5. The van der Waals surface area contributed by atoms with Crippen molar-refractivity contribution in [1.82, 2.24) is 0 Å². The SMILES string of the molecule is CC(C)(C)c1ccc(N2c3ccc(C(C)(C)C)cc3B3c4cc(C(C)(C)C)ccc4N(c4ccc(C(C)(C)C)cc4)c4cc(C56CCC7CCC8(CC(C5)C78)C6)cc2c43)cc1. The molecular weight excluding hydrogens is 735 g/mol. The summed E-state index contributed by atoms with van der Waals surface area (Å²) < 4.78 is 0. The third-order valence-electron chi connectivity index (χ3n) is 17.1. The van der Waals surface area contributed by atoms with Crippen molar-refractivity contribution < 1.29 is 0 Å². The molecule has 5 aliphatic carbocycles. The fourth-order valence-corrected chi connectivity index (χ4v) is 14.0. The average Bonchev–Trinajstić information content (AvgIpc) is 3.35. The van der Waals surface area contributed by atoms with E-state index < -0.39 is 0 Å². The molecule has 7 aliphatic rings. The van der Waals surface area contributed by atoms with Crippen molar-refractivity contribution in [1.29, 1.82) is 0 Å². The highest BCUT2D eigenvalue weighted by molar-refractivity contribution is 7.00. The summed E-state index contributed by atoms with van der Waals surface area (Å²) in [6.45, 7) is 28.4. The lowest BCUT2D eigenvalue weighted by molar-refractivity contribution is -0.104. The van der Waals surface area contributed by atoms with Crippen molar-refractivity contribution in [2.45, 2.75) is 155 Å². The number of anilines is 6. The predicted molar refractivity (Wildman–Crippen MR) is 262 cm³/mol. The van der Waals surface area contributed by atoms with Crippen molar-refractivity contribution in [3.05, 3.63) is 125 Å². The van der Waals surface area contributed by atoms with Crippen LogP contribution in [-0.4, -0.2) is 6.71 Å². The summed E-state index contributed by atoms with van der Waals surface area (Å²) in [6, 6.07) is 39.7. The van der Waals surface area contributed by atoms with Gasteiger partial charge in [0, 0.05) is 34.1 Å². The molecule has 0 radical (unpaired) electrons. The van der Waals surface area contributed by atoms with Gasteiger partial charge in [0.25, 0.3) is 6.71 Å². The van der Waals surface area contributed by atoms with Crippen LogP contribution in [0.5, 0.6) is 0 Å². The van der Waals surface area contributed by atoms with Gasteiger partial charge in [-0.25, -0.2) is 0 Å². The Labute approximate surface area is 368 Å². The Kier molecular flexibility index (Phi) is 8.24. The lowest BCUT2D eigenvalue weighted by Crippen LogP contribution is -2.62. The smallest absolute Gasteiger partial charge is 0.252 e. The van der Waals surface area contributed by atoms with E-state index >= 15 is 0 Å². The van der Waals surface area contributed by atoms with Gasteiger partial charge in [-0.2, -0.15) is 0 Å². The predicted octanol–water partition coefficient (Wildman–Crippen LogP) is 13.8. The second-order valence-corrected chi connectivity index (χ2v) is 25.0. The van der Waals surface area contributed by atoms with Crippen LogP contribution in [0.25, 0.3) is 0 Å². The maximum Gasteiger partial charge on any atom is 0.252 e. The molecule has 0 saturated heterocycles. The topological polar surface area (TPSA) is 6.48 Å². The van der Waals surface area contributed by atoms with Gasteiger partial charge in [-0.1, -0.05) is 132 Å². The second kappa shape index (κ2) is 12.7. The highest BCUT2D eigenvalue weighted by Crippen LogP contribution is 2.77. The first kappa shape index (κ1) is 39.6. The average molecular weight is 805 g/mol. The maximum absolute atomic E-state index is 2.75. The summed E-state index contributed by atoms with van der Waals surface area (Å²) >= 11 is 0. The fourth-order valence-electron chi connectivity index (χ4n) is 14.0. The summed E-state index contributed by atoms with van der Waals surface area (Å²) in [5.74, 6) is 2.85. The number of nitrogens with zero attached hydrogens (tertiary/aromatic N) is 2. The zero-order chi connectivity index (χ0) is 42.8. The van der Waals surface area contributed by atoms with Gasteiger partial charge in [-0.05, 0) is 188 Å². The van der Waals surface area contributed by atoms with Crippen LogP contribution in [0.1, 0.15) is 156 Å².